The number of hydroxylamine groups is 2. The topological polar surface area (TPSA) is 57.2 Å². The highest BCUT2D eigenvalue weighted by atomic mass is 19.1. The molecule has 222 valence electrons. The molecule has 1 amide bonds. The van der Waals surface area contributed by atoms with Crippen LogP contribution < -0.4 is 0 Å². The van der Waals surface area contributed by atoms with E-state index >= 15 is 4.39 Å². The second kappa shape index (κ2) is 15.8. The number of carbonyl (C=O) groups excluding carboxylic acids is 1. The van der Waals surface area contributed by atoms with Crippen molar-refractivity contribution in [1.82, 2.24) is 5.06 Å². The second-order valence-corrected chi connectivity index (χ2v) is 10.3. The maximum Gasteiger partial charge on any atom is 0.434 e. The molecular formula is C36H36FNO5. The Morgan fingerprint density at radius 2 is 1.12 bits per heavy atom. The molecule has 5 rings (SSSR count). The predicted molar refractivity (Wildman–Crippen MR) is 162 cm³/mol. The zero-order valence-electron chi connectivity index (χ0n) is 23.9. The molecule has 4 atom stereocenters. The molecule has 0 N–H and O–H groups in total. The van der Waals surface area contributed by atoms with Crippen LogP contribution in [0.2, 0.25) is 0 Å². The first-order chi connectivity index (χ1) is 21.2. The van der Waals surface area contributed by atoms with Crippen LogP contribution in [0.5, 0.6) is 0 Å². The van der Waals surface area contributed by atoms with Gasteiger partial charge in [0, 0.05) is 0 Å². The van der Waals surface area contributed by atoms with Crippen molar-refractivity contribution in [2.45, 2.75) is 57.3 Å². The summed E-state index contributed by atoms with van der Waals surface area (Å²) in [4.78, 5) is 19.7. The van der Waals surface area contributed by atoms with Gasteiger partial charge in [0.25, 0.3) is 0 Å². The molecule has 0 spiro atoms. The first kappa shape index (κ1) is 30.2. The monoisotopic (exact) mass is 581 g/mol. The number of carbonyl (C=O) groups is 1. The molecule has 0 saturated heterocycles. The second-order valence-electron chi connectivity index (χ2n) is 10.3. The standard InChI is InChI=1S/C36H36FNO5/c37-34-33(40-24-28-14-5-1-6-15-28)23-13-22-32(35(34)41-25-29-16-7-2-8-17-29)38(43-27-31-20-11-4-12-21-31)36(39)42-26-30-18-9-3-10-19-30/h1-21,23,32-35H,22,24-27H2/t32-,33-,34+,35+/m1/s1. The Morgan fingerprint density at radius 1 is 0.651 bits per heavy atom. The number of ether oxygens (including phenoxy) is 3. The highest BCUT2D eigenvalue weighted by Crippen LogP contribution is 2.29. The Kier molecular flexibility index (Phi) is 11.1. The summed E-state index contributed by atoms with van der Waals surface area (Å²) >= 11 is 0. The van der Waals surface area contributed by atoms with Crippen LogP contribution in [0.3, 0.4) is 0 Å². The van der Waals surface area contributed by atoms with E-state index in [-0.39, 0.29) is 32.8 Å². The maximum atomic E-state index is 16.5. The molecule has 0 aliphatic heterocycles. The Morgan fingerprint density at radius 3 is 1.65 bits per heavy atom. The molecule has 1 aliphatic carbocycles. The minimum Gasteiger partial charge on any atom is -0.443 e. The minimum atomic E-state index is -1.60. The zero-order chi connectivity index (χ0) is 29.7. The molecule has 0 radical (unpaired) electrons. The van der Waals surface area contributed by atoms with Crippen molar-refractivity contribution < 1.29 is 28.2 Å². The summed E-state index contributed by atoms with van der Waals surface area (Å²) in [6, 6.07) is 37.2. The van der Waals surface area contributed by atoms with Gasteiger partial charge < -0.3 is 14.2 Å². The first-order valence-corrected chi connectivity index (χ1v) is 14.5. The molecule has 1 aliphatic rings. The highest BCUT2D eigenvalue weighted by molar-refractivity contribution is 5.67. The summed E-state index contributed by atoms with van der Waals surface area (Å²) in [5, 5.41) is 1.14. The molecular weight excluding hydrogens is 545 g/mol. The lowest BCUT2D eigenvalue weighted by molar-refractivity contribution is -0.208. The van der Waals surface area contributed by atoms with E-state index in [1.54, 1.807) is 6.08 Å². The van der Waals surface area contributed by atoms with Gasteiger partial charge in [-0.3, -0.25) is 4.84 Å². The number of hydrogen-bond donors (Lipinski definition) is 0. The Bertz CT molecular complexity index is 1410. The molecule has 43 heavy (non-hydrogen) atoms. The van der Waals surface area contributed by atoms with Gasteiger partial charge in [-0.1, -0.05) is 133 Å². The van der Waals surface area contributed by atoms with E-state index in [9.17, 15) is 4.79 Å². The quantitative estimate of drug-likeness (QED) is 0.127. The van der Waals surface area contributed by atoms with E-state index in [1.807, 2.05) is 127 Å². The molecule has 4 aromatic rings. The summed E-state index contributed by atoms with van der Waals surface area (Å²) in [6.07, 6.45) is -0.471. The van der Waals surface area contributed by atoms with Crippen LogP contribution in [-0.4, -0.2) is 35.6 Å². The lowest BCUT2D eigenvalue weighted by Crippen LogP contribution is -2.52. The molecule has 0 heterocycles. The molecule has 0 unspecified atom stereocenters. The van der Waals surface area contributed by atoms with Crippen LogP contribution in [0.15, 0.2) is 133 Å². The number of amides is 1. The van der Waals surface area contributed by atoms with Gasteiger partial charge in [-0.05, 0) is 28.7 Å². The van der Waals surface area contributed by atoms with Crippen molar-refractivity contribution in [2.24, 2.45) is 0 Å². The average molecular weight is 582 g/mol. The SMILES string of the molecule is O=C(OCc1ccccc1)N(OCc1ccccc1)[C@@H]1CC=C[C@@H](OCc2ccccc2)[C@H](F)[C@H]1OCc1ccccc1. The van der Waals surface area contributed by atoms with Gasteiger partial charge in [0.05, 0.1) is 19.3 Å². The summed E-state index contributed by atoms with van der Waals surface area (Å²) in [5.74, 6) is 0. The Labute approximate surface area is 252 Å². The van der Waals surface area contributed by atoms with E-state index in [0.29, 0.717) is 0 Å². The summed E-state index contributed by atoms with van der Waals surface area (Å²) in [6.45, 7) is 0.529. The Hall–Kier alpha value is -4.30. The lowest BCUT2D eigenvalue weighted by atomic mass is 10.0. The van der Waals surface area contributed by atoms with Gasteiger partial charge in [-0.25, -0.2) is 9.18 Å². The third-order valence-corrected chi connectivity index (χ3v) is 7.18. The number of halogens is 1. The van der Waals surface area contributed by atoms with Crippen molar-refractivity contribution in [3.8, 4) is 0 Å². The van der Waals surface area contributed by atoms with E-state index in [0.717, 1.165) is 27.3 Å². The number of rotatable bonds is 12. The van der Waals surface area contributed by atoms with Gasteiger partial charge in [0.1, 0.15) is 25.4 Å². The average Bonchev–Trinajstić information content (AvgIpc) is 3.21. The van der Waals surface area contributed by atoms with Crippen molar-refractivity contribution in [3.05, 3.63) is 156 Å². The molecule has 4 aromatic carbocycles. The fraction of sp³-hybridized carbons (Fsp3) is 0.250. The molecule has 7 heteroatoms. The Balaban J connectivity index is 1.38. The van der Waals surface area contributed by atoms with Crippen LogP contribution in [0.25, 0.3) is 0 Å². The maximum absolute atomic E-state index is 16.5. The number of nitrogens with zero attached hydrogens (tertiary/aromatic N) is 1. The van der Waals surface area contributed by atoms with Crippen LogP contribution >= 0.6 is 0 Å². The van der Waals surface area contributed by atoms with Crippen molar-refractivity contribution in [1.29, 1.82) is 0 Å². The smallest absolute Gasteiger partial charge is 0.434 e. The summed E-state index contributed by atoms with van der Waals surface area (Å²) in [7, 11) is 0. The largest absolute Gasteiger partial charge is 0.443 e. The number of alkyl halides is 1. The van der Waals surface area contributed by atoms with Crippen LogP contribution in [0.1, 0.15) is 28.7 Å². The number of benzene rings is 4. The number of hydrogen-bond acceptors (Lipinski definition) is 5. The molecule has 0 bridgehead atoms. The summed E-state index contributed by atoms with van der Waals surface area (Å²) in [5.41, 5.74) is 3.50. The van der Waals surface area contributed by atoms with E-state index < -0.39 is 30.5 Å². The third-order valence-electron chi connectivity index (χ3n) is 7.18. The predicted octanol–water partition coefficient (Wildman–Crippen LogP) is 7.59. The van der Waals surface area contributed by atoms with Crippen molar-refractivity contribution in [3.63, 3.8) is 0 Å². The first-order valence-electron chi connectivity index (χ1n) is 14.5. The van der Waals surface area contributed by atoms with Crippen LogP contribution in [0, 0.1) is 0 Å². The molecule has 0 saturated carbocycles. The fourth-order valence-electron chi connectivity index (χ4n) is 4.89. The summed E-state index contributed by atoms with van der Waals surface area (Å²) < 4.78 is 34.5. The fourth-order valence-corrected chi connectivity index (χ4v) is 4.89. The van der Waals surface area contributed by atoms with Crippen LogP contribution in [0.4, 0.5) is 9.18 Å². The normalized spacial score (nSPS) is 19.8. The minimum absolute atomic E-state index is 0.0465. The third kappa shape index (κ3) is 8.85. The molecule has 0 aromatic heterocycles. The van der Waals surface area contributed by atoms with Crippen molar-refractivity contribution >= 4 is 6.09 Å². The van der Waals surface area contributed by atoms with Gasteiger partial charge in [0.15, 0.2) is 6.17 Å². The van der Waals surface area contributed by atoms with Crippen molar-refractivity contribution in [2.75, 3.05) is 0 Å². The lowest BCUT2D eigenvalue weighted by Gasteiger charge is -2.36. The van der Waals surface area contributed by atoms with Crippen LogP contribution in [-0.2, 0) is 45.5 Å². The van der Waals surface area contributed by atoms with Gasteiger partial charge in [-0.15, -0.1) is 0 Å². The van der Waals surface area contributed by atoms with E-state index in [1.165, 1.54) is 0 Å². The molecule has 6 nitrogen and oxygen atoms in total. The molecule has 0 fully saturated rings. The zero-order valence-corrected chi connectivity index (χ0v) is 23.9. The van der Waals surface area contributed by atoms with E-state index in [2.05, 4.69) is 0 Å². The highest BCUT2D eigenvalue weighted by Gasteiger charge is 2.43. The van der Waals surface area contributed by atoms with Gasteiger partial charge >= 0.3 is 6.09 Å². The van der Waals surface area contributed by atoms with E-state index in [4.69, 9.17) is 19.0 Å². The van der Waals surface area contributed by atoms with Gasteiger partial charge in [-0.2, -0.15) is 5.06 Å². The van der Waals surface area contributed by atoms with Gasteiger partial charge in [0.2, 0.25) is 0 Å².